The molecule has 0 radical (unpaired) electrons. The number of nitrogens with one attached hydrogen (secondary N) is 1. The number of rotatable bonds is 4. The molecular formula is C15H14FNO2. The highest BCUT2D eigenvalue weighted by Crippen LogP contribution is 2.16. The average Bonchev–Trinajstić information content (AvgIpc) is 2.41. The van der Waals surface area contributed by atoms with Crippen LogP contribution >= 0.6 is 0 Å². The zero-order valence-corrected chi connectivity index (χ0v) is 10.5. The number of benzene rings is 2. The highest BCUT2D eigenvalue weighted by Gasteiger charge is 2.06. The Labute approximate surface area is 111 Å². The summed E-state index contributed by atoms with van der Waals surface area (Å²) in [4.78, 5) is 11.9. The SMILES string of the molecule is CCOc1ccc(NC(=O)c2cccc(F)c2)cc1. The summed E-state index contributed by atoms with van der Waals surface area (Å²) in [5.74, 6) is -0.0331. The maximum Gasteiger partial charge on any atom is 0.255 e. The fourth-order valence-corrected chi connectivity index (χ4v) is 1.63. The van der Waals surface area contributed by atoms with E-state index in [1.165, 1.54) is 18.2 Å². The zero-order chi connectivity index (χ0) is 13.7. The predicted molar refractivity (Wildman–Crippen MR) is 72.0 cm³/mol. The monoisotopic (exact) mass is 259 g/mol. The van der Waals surface area contributed by atoms with E-state index in [1.807, 2.05) is 6.92 Å². The lowest BCUT2D eigenvalue weighted by Gasteiger charge is -2.07. The van der Waals surface area contributed by atoms with E-state index in [1.54, 1.807) is 30.3 Å². The standard InChI is InChI=1S/C15H14FNO2/c1-2-19-14-8-6-13(7-9-14)17-15(18)11-4-3-5-12(16)10-11/h3-10H,2H2,1H3,(H,17,18). The second kappa shape index (κ2) is 6.00. The van der Waals surface area contributed by atoms with Gasteiger partial charge in [-0.15, -0.1) is 0 Å². The smallest absolute Gasteiger partial charge is 0.255 e. The van der Waals surface area contributed by atoms with Gasteiger partial charge in [0.1, 0.15) is 11.6 Å². The van der Waals surface area contributed by atoms with Gasteiger partial charge >= 0.3 is 0 Å². The maximum absolute atomic E-state index is 13.0. The fraction of sp³-hybridized carbons (Fsp3) is 0.133. The van der Waals surface area contributed by atoms with Gasteiger partial charge in [-0.3, -0.25) is 4.79 Å². The molecule has 0 saturated carbocycles. The van der Waals surface area contributed by atoms with Crippen LogP contribution in [0.4, 0.5) is 10.1 Å². The minimum atomic E-state index is -0.431. The van der Waals surface area contributed by atoms with E-state index in [2.05, 4.69) is 5.32 Å². The molecule has 19 heavy (non-hydrogen) atoms. The van der Waals surface area contributed by atoms with E-state index in [4.69, 9.17) is 4.74 Å². The molecule has 1 N–H and O–H groups in total. The quantitative estimate of drug-likeness (QED) is 0.912. The lowest BCUT2D eigenvalue weighted by molar-refractivity contribution is 0.102. The Balaban J connectivity index is 2.06. The van der Waals surface area contributed by atoms with Crippen LogP contribution in [0.25, 0.3) is 0 Å². The van der Waals surface area contributed by atoms with Crippen molar-refractivity contribution in [2.24, 2.45) is 0 Å². The minimum Gasteiger partial charge on any atom is -0.494 e. The first-order chi connectivity index (χ1) is 9.19. The van der Waals surface area contributed by atoms with Gasteiger partial charge in [0.05, 0.1) is 6.61 Å². The van der Waals surface area contributed by atoms with Crippen molar-refractivity contribution in [1.29, 1.82) is 0 Å². The van der Waals surface area contributed by atoms with Crippen LogP contribution in [0.5, 0.6) is 5.75 Å². The van der Waals surface area contributed by atoms with Crippen molar-refractivity contribution in [3.05, 3.63) is 59.9 Å². The molecule has 0 bridgehead atoms. The number of anilines is 1. The number of halogens is 1. The van der Waals surface area contributed by atoms with Gasteiger partial charge in [-0.05, 0) is 49.4 Å². The van der Waals surface area contributed by atoms with E-state index >= 15 is 0 Å². The molecule has 4 heteroatoms. The Morgan fingerprint density at radius 1 is 1.21 bits per heavy atom. The van der Waals surface area contributed by atoms with E-state index in [9.17, 15) is 9.18 Å². The Bertz CT molecular complexity index is 567. The third-order valence-electron chi connectivity index (χ3n) is 2.51. The summed E-state index contributed by atoms with van der Waals surface area (Å²) in [7, 11) is 0. The van der Waals surface area contributed by atoms with Crippen molar-refractivity contribution < 1.29 is 13.9 Å². The van der Waals surface area contributed by atoms with Crippen LogP contribution in [-0.2, 0) is 0 Å². The van der Waals surface area contributed by atoms with Gasteiger partial charge in [-0.1, -0.05) is 6.07 Å². The molecule has 0 aromatic heterocycles. The van der Waals surface area contributed by atoms with Crippen molar-refractivity contribution in [1.82, 2.24) is 0 Å². The number of carbonyl (C=O) groups excluding carboxylic acids is 1. The third kappa shape index (κ3) is 3.55. The van der Waals surface area contributed by atoms with Gasteiger partial charge in [0.15, 0.2) is 0 Å². The Hall–Kier alpha value is -2.36. The summed E-state index contributed by atoms with van der Waals surface area (Å²) in [5.41, 5.74) is 0.923. The summed E-state index contributed by atoms with van der Waals surface area (Å²) in [6.07, 6.45) is 0. The number of hydrogen-bond donors (Lipinski definition) is 1. The molecule has 1 amide bonds. The van der Waals surface area contributed by atoms with Crippen molar-refractivity contribution >= 4 is 11.6 Å². The highest BCUT2D eigenvalue weighted by molar-refractivity contribution is 6.04. The van der Waals surface area contributed by atoms with Gasteiger partial charge in [0, 0.05) is 11.3 Å². The first kappa shape index (κ1) is 13.1. The highest BCUT2D eigenvalue weighted by atomic mass is 19.1. The second-order valence-corrected chi connectivity index (χ2v) is 3.92. The van der Waals surface area contributed by atoms with E-state index < -0.39 is 5.82 Å². The second-order valence-electron chi connectivity index (χ2n) is 3.92. The Morgan fingerprint density at radius 2 is 1.95 bits per heavy atom. The molecule has 0 aliphatic rings. The summed E-state index contributed by atoms with van der Waals surface area (Å²) >= 11 is 0. The minimum absolute atomic E-state index is 0.286. The number of hydrogen-bond acceptors (Lipinski definition) is 2. The molecule has 0 heterocycles. The topological polar surface area (TPSA) is 38.3 Å². The largest absolute Gasteiger partial charge is 0.494 e. The third-order valence-corrected chi connectivity index (χ3v) is 2.51. The fourth-order valence-electron chi connectivity index (χ4n) is 1.63. The van der Waals surface area contributed by atoms with Gasteiger partial charge in [0.25, 0.3) is 5.91 Å². The van der Waals surface area contributed by atoms with Crippen molar-refractivity contribution in [3.8, 4) is 5.75 Å². The van der Waals surface area contributed by atoms with Crippen LogP contribution < -0.4 is 10.1 Å². The maximum atomic E-state index is 13.0. The molecule has 0 aliphatic heterocycles. The van der Waals surface area contributed by atoms with Gasteiger partial charge < -0.3 is 10.1 Å². The first-order valence-corrected chi connectivity index (χ1v) is 5.99. The predicted octanol–water partition coefficient (Wildman–Crippen LogP) is 3.48. The van der Waals surface area contributed by atoms with Crippen LogP contribution in [0.3, 0.4) is 0 Å². The Morgan fingerprint density at radius 3 is 2.58 bits per heavy atom. The average molecular weight is 259 g/mol. The van der Waals surface area contributed by atoms with Crippen LogP contribution in [0.2, 0.25) is 0 Å². The first-order valence-electron chi connectivity index (χ1n) is 5.99. The summed E-state index contributed by atoms with van der Waals surface area (Å²) in [5, 5.41) is 2.69. The van der Waals surface area contributed by atoms with Crippen LogP contribution in [-0.4, -0.2) is 12.5 Å². The van der Waals surface area contributed by atoms with Crippen molar-refractivity contribution in [2.45, 2.75) is 6.92 Å². The molecule has 0 aliphatic carbocycles. The lowest BCUT2D eigenvalue weighted by Crippen LogP contribution is -2.11. The molecule has 0 saturated heterocycles. The molecule has 0 spiro atoms. The zero-order valence-electron chi connectivity index (χ0n) is 10.5. The normalized spacial score (nSPS) is 10.0. The molecular weight excluding hydrogens is 245 g/mol. The number of carbonyl (C=O) groups is 1. The van der Waals surface area contributed by atoms with Gasteiger partial charge in [-0.2, -0.15) is 0 Å². The number of ether oxygens (including phenoxy) is 1. The summed E-state index contributed by atoms with van der Waals surface area (Å²) < 4.78 is 18.3. The van der Waals surface area contributed by atoms with Crippen molar-refractivity contribution in [2.75, 3.05) is 11.9 Å². The van der Waals surface area contributed by atoms with Gasteiger partial charge in [0.2, 0.25) is 0 Å². The van der Waals surface area contributed by atoms with E-state index in [0.717, 1.165) is 5.75 Å². The molecule has 3 nitrogen and oxygen atoms in total. The van der Waals surface area contributed by atoms with Crippen LogP contribution in [0.1, 0.15) is 17.3 Å². The van der Waals surface area contributed by atoms with Crippen LogP contribution in [0.15, 0.2) is 48.5 Å². The molecule has 0 atom stereocenters. The van der Waals surface area contributed by atoms with Crippen molar-refractivity contribution in [3.63, 3.8) is 0 Å². The van der Waals surface area contributed by atoms with E-state index in [-0.39, 0.29) is 11.5 Å². The van der Waals surface area contributed by atoms with Crippen LogP contribution in [0, 0.1) is 5.82 Å². The van der Waals surface area contributed by atoms with E-state index in [0.29, 0.717) is 12.3 Å². The lowest BCUT2D eigenvalue weighted by atomic mass is 10.2. The summed E-state index contributed by atoms with van der Waals surface area (Å²) in [6.45, 7) is 2.49. The molecule has 2 aromatic rings. The Kier molecular flexibility index (Phi) is 4.13. The molecule has 98 valence electrons. The molecule has 2 aromatic carbocycles. The molecule has 2 rings (SSSR count). The van der Waals surface area contributed by atoms with Gasteiger partial charge in [-0.25, -0.2) is 4.39 Å². The summed E-state index contributed by atoms with van der Waals surface area (Å²) in [6, 6.07) is 12.6. The number of amides is 1. The molecule has 0 fully saturated rings. The molecule has 0 unspecified atom stereocenters.